The largest absolute Gasteiger partial charge is 0.348 e. The molecule has 7 heteroatoms. The van der Waals surface area contributed by atoms with Crippen LogP contribution in [0.4, 0.5) is 4.39 Å². The van der Waals surface area contributed by atoms with Crippen LogP contribution in [-0.4, -0.2) is 20.4 Å². The van der Waals surface area contributed by atoms with Crippen LogP contribution in [0.2, 0.25) is 0 Å². The lowest BCUT2D eigenvalue weighted by molar-refractivity contribution is -0.123. The molecule has 0 spiro atoms. The molecule has 0 saturated heterocycles. The number of hydrogen-bond donors (Lipinski definition) is 2. The van der Waals surface area contributed by atoms with E-state index in [9.17, 15) is 17.6 Å². The topological polar surface area (TPSA) is 75.3 Å². The molecular weight excluding hydrogens is 427 g/mol. The summed E-state index contributed by atoms with van der Waals surface area (Å²) < 4.78 is 41.6. The Balaban J connectivity index is 1.58. The maximum atomic E-state index is 13.3. The summed E-state index contributed by atoms with van der Waals surface area (Å²) in [5, 5.41) is 3.05. The lowest BCUT2D eigenvalue weighted by Gasteiger charge is -2.28. The predicted molar refractivity (Wildman–Crippen MR) is 121 cm³/mol. The van der Waals surface area contributed by atoms with E-state index in [0.29, 0.717) is 0 Å². The average Bonchev–Trinajstić information content (AvgIpc) is 2.80. The van der Waals surface area contributed by atoms with Crippen molar-refractivity contribution in [2.75, 3.05) is 0 Å². The van der Waals surface area contributed by atoms with Gasteiger partial charge in [0.1, 0.15) is 11.9 Å². The summed E-state index contributed by atoms with van der Waals surface area (Å²) in [6.07, 6.45) is 2.91. The summed E-state index contributed by atoms with van der Waals surface area (Å²) in [4.78, 5) is 13.2. The third kappa shape index (κ3) is 5.23. The minimum absolute atomic E-state index is 0.0900. The summed E-state index contributed by atoms with van der Waals surface area (Å²) in [5.74, 6) is -0.917. The molecule has 1 aliphatic carbocycles. The van der Waals surface area contributed by atoms with E-state index >= 15 is 0 Å². The van der Waals surface area contributed by atoms with Gasteiger partial charge in [-0.3, -0.25) is 4.79 Å². The van der Waals surface area contributed by atoms with Gasteiger partial charge in [0.25, 0.3) is 0 Å². The number of fused-ring (bicyclic) bond motifs is 1. The number of halogens is 1. The summed E-state index contributed by atoms with van der Waals surface area (Å²) in [6.45, 7) is 0. The van der Waals surface area contributed by atoms with Gasteiger partial charge in [-0.2, -0.15) is 4.72 Å². The Morgan fingerprint density at radius 1 is 0.969 bits per heavy atom. The van der Waals surface area contributed by atoms with Crippen LogP contribution in [0, 0.1) is 5.82 Å². The highest BCUT2D eigenvalue weighted by molar-refractivity contribution is 7.89. The fourth-order valence-electron chi connectivity index (χ4n) is 4.08. The molecule has 0 aromatic heterocycles. The van der Waals surface area contributed by atoms with Crippen molar-refractivity contribution >= 4 is 15.9 Å². The third-order valence-electron chi connectivity index (χ3n) is 5.71. The standard InChI is InChI=1S/C25H25FN2O3S/c26-20-13-15-21(16-14-20)32(30,31)28-24(17-18-7-2-1-3-8-18)25(29)27-23-12-6-10-19-9-4-5-11-22(19)23/h1-5,7-9,11,13-16,23-24,28H,6,10,12,17H2,(H,27,29)/t23-,24+/m0/s1. The van der Waals surface area contributed by atoms with E-state index in [0.717, 1.165) is 42.5 Å². The normalized spacial score (nSPS) is 16.7. The predicted octanol–water partition coefficient (Wildman–Crippen LogP) is 3.91. The van der Waals surface area contributed by atoms with Crippen LogP contribution in [0.15, 0.2) is 83.8 Å². The van der Waals surface area contributed by atoms with Crippen molar-refractivity contribution in [2.24, 2.45) is 0 Å². The summed E-state index contributed by atoms with van der Waals surface area (Å²) in [5.41, 5.74) is 3.11. The van der Waals surface area contributed by atoms with Gasteiger partial charge in [-0.15, -0.1) is 0 Å². The Hall–Kier alpha value is -3.03. The fraction of sp³-hybridized carbons (Fsp3) is 0.240. The van der Waals surface area contributed by atoms with Crippen LogP contribution in [0.3, 0.4) is 0 Å². The number of carbonyl (C=O) groups is 1. The first-order chi connectivity index (χ1) is 15.4. The number of hydrogen-bond acceptors (Lipinski definition) is 3. The number of rotatable bonds is 7. The number of nitrogens with one attached hydrogen (secondary N) is 2. The van der Waals surface area contributed by atoms with Crippen LogP contribution in [0.1, 0.15) is 35.6 Å². The van der Waals surface area contributed by atoms with Crippen LogP contribution >= 0.6 is 0 Å². The molecule has 0 aliphatic heterocycles. The van der Waals surface area contributed by atoms with E-state index in [-0.39, 0.29) is 23.3 Å². The Labute approximate surface area is 187 Å². The van der Waals surface area contributed by atoms with E-state index in [4.69, 9.17) is 0 Å². The molecule has 0 radical (unpaired) electrons. The van der Waals surface area contributed by atoms with Gasteiger partial charge in [0.2, 0.25) is 15.9 Å². The Morgan fingerprint density at radius 2 is 1.66 bits per heavy atom. The Bertz CT molecular complexity index is 1180. The molecule has 0 unspecified atom stereocenters. The molecule has 166 valence electrons. The van der Waals surface area contributed by atoms with E-state index < -0.39 is 21.9 Å². The van der Waals surface area contributed by atoms with Crippen LogP contribution < -0.4 is 10.0 Å². The maximum Gasteiger partial charge on any atom is 0.241 e. The molecule has 2 atom stereocenters. The number of benzene rings is 3. The van der Waals surface area contributed by atoms with Gasteiger partial charge in [-0.1, -0.05) is 54.6 Å². The summed E-state index contributed by atoms with van der Waals surface area (Å²) >= 11 is 0. The molecule has 0 fully saturated rings. The molecule has 2 N–H and O–H groups in total. The van der Waals surface area contributed by atoms with E-state index in [1.54, 1.807) is 0 Å². The van der Waals surface area contributed by atoms with Gasteiger partial charge < -0.3 is 5.32 Å². The van der Waals surface area contributed by atoms with Gasteiger partial charge in [-0.25, -0.2) is 12.8 Å². The van der Waals surface area contributed by atoms with E-state index in [1.165, 1.54) is 17.7 Å². The molecule has 0 heterocycles. The van der Waals surface area contributed by atoms with Crippen LogP contribution in [0.25, 0.3) is 0 Å². The summed E-state index contributed by atoms with van der Waals surface area (Å²) in [7, 11) is -4.02. The zero-order valence-electron chi connectivity index (χ0n) is 17.5. The van der Waals surface area contributed by atoms with Crippen molar-refractivity contribution < 1.29 is 17.6 Å². The fourth-order valence-corrected chi connectivity index (χ4v) is 5.28. The van der Waals surface area contributed by atoms with Crippen molar-refractivity contribution in [3.05, 3.63) is 101 Å². The van der Waals surface area contributed by atoms with E-state index in [2.05, 4.69) is 16.1 Å². The highest BCUT2D eigenvalue weighted by Crippen LogP contribution is 2.29. The van der Waals surface area contributed by atoms with Crippen molar-refractivity contribution in [3.8, 4) is 0 Å². The van der Waals surface area contributed by atoms with E-state index in [1.807, 2.05) is 48.5 Å². The molecular formula is C25H25FN2O3S. The first kappa shape index (κ1) is 22.2. The average molecular weight is 453 g/mol. The monoisotopic (exact) mass is 452 g/mol. The van der Waals surface area contributed by atoms with Gasteiger partial charge in [0, 0.05) is 0 Å². The van der Waals surface area contributed by atoms with Crippen molar-refractivity contribution in [1.82, 2.24) is 10.0 Å². The van der Waals surface area contributed by atoms with Gasteiger partial charge in [-0.05, 0) is 66.6 Å². The minimum Gasteiger partial charge on any atom is -0.348 e. The van der Waals surface area contributed by atoms with Crippen LogP contribution in [0.5, 0.6) is 0 Å². The molecule has 3 aromatic rings. The van der Waals surface area contributed by atoms with Crippen LogP contribution in [-0.2, 0) is 27.7 Å². The maximum absolute atomic E-state index is 13.3. The Kier molecular flexibility index (Phi) is 6.67. The van der Waals surface area contributed by atoms with Crippen molar-refractivity contribution in [3.63, 3.8) is 0 Å². The highest BCUT2D eigenvalue weighted by atomic mass is 32.2. The first-order valence-electron chi connectivity index (χ1n) is 10.6. The van der Waals surface area contributed by atoms with Crippen molar-refractivity contribution in [2.45, 2.75) is 42.7 Å². The number of aryl methyl sites for hydroxylation is 1. The molecule has 32 heavy (non-hydrogen) atoms. The smallest absolute Gasteiger partial charge is 0.241 e. The van der Waals surface area contributed by atoms with Crippen molar-refractivity contribution in [1.29, 1.82) is 0 Å². The molecule has 3 aromatic carbocycles. The first-order valence-corrected chi connectivity index (χ1v) is 12.1. The second-order valence-electron chi connectivity index (χ2n) is 7.97. The lowest BCUT2D eigenvalue weighted by Crippen LogP contribution is -2.49. The zero-order valence-corrected chi connectivity index (χ0v) is 18.3. The number of sulfonamides is 1. The zero-order chi connectivity index (χ0) is 22.6. The molecule has 4 rings (SSSR count). The summed E-state index contributed by atoms with van der Waals surface area (Å²) in [6, 6.07) is 20.6. The van der Waals surface area contributed by atoms with Gasteiger partial charge >= 0.3 is 0 Å². The number of amides is 1. The minimum atomic E-state index is -4.02. The molecule has 5 nitrogen and oxygen atoms in total. The molecule has 1 amide bonds. The quantitative estimate of drug-likeness (QED) is 0.571. The van der Waals surface area contributed by atoms with Gasteiger partial charge in [0.05, 0.1) is 10.9 Å². The number of carbonyl (C=O) groups excluding carboxylic acids is 1. The molecule has 0 saturated carbocycles. The molecule has 0 bridgehead atoms. The second kappa shape index (κ2) is 9.63. The SMILES string of the molecule is O=C(N[C@H]1CCCc2ccccc21)[C@@H](Cc1ccccc1)NS(=O)(=O)c1ccc(F)cc1. The highest BCUT2D eigenvalue weighted by Gasteiger charge is 2.29. The van der Waals surface area contributed by atoms with Gasteiger partial charge in [0.15, 0.2) is 0 Å². The Morgan fingerprint density at radius 3 is 2.41 bits per heavy atom. The third-order valence-corrected chi connectivity index (χ3v) is 7.19. The second-order valence-corrected chi connectivity index (χ2v) is 9.68. The lowest BCUT2D eigenvalue weighted by atomic mass is 9.87. The molecule has 1 aliphatic rings.